The van der Waals surface area contributed by atoms with Crippen LogP contribution in [0, 0.1) is 15.5 Å². The molecule has 0 fully saturated rings. The van der Waals surface area contributed by atoms with Crippen molar-refractivity contribution in [2.24, 2.45) is 5.41 Å². The first-order chi connectivity index (χ1) is 9.48. The van der Waals surface area contributed by atoms with Crippen LogP contribution in [0.1, 0.15) is 41.0 Å². The minimum atomic E-state index is -0.425. The summed E-state index contributed by atoms with van der Waals surface area (Å²) in [5, 5.41) is 17.5. The number of thiocarbonyl (C=S) groups is 1. The number of nitro groups is 1. The van der Waals surface area contributed by atoms with E-state index in [1.807, 2.05) is 0 Å². The van der Waals surface area contributed by atoms with Gasteiger partial charge in [-0.15, -0.1) is 0 Å². The third-order valence-electron chi connectivity index (χ3n) is 2.74. The fraction of sp³-hybridized carbons (Fsp3) is 0.533. The van der Waals surface area contributed by atoms with Crippen LogP contribution in [0.2, 0.25) is 0 Å². The molecular weight excluding hydrogens is 286 g/mol. The first kappa shape index (κ1) is 17.4. The first-order valence-electron chi connectivity index (χ1n) is 6.82. The van der Waals surface area contributed by atoms with Crippen molar-refractivity contribution < 1.29 is 4.92 Å². The van der Waals surface area contributed by atoms with Gasteiger partial charge in [0.25, 0.3) is 5.69 Å². The second-order valence-corrected chi connectivity index (χ2v) is 7.42. The molecule has 0 atom stereocenters. The summed E-state index contributed by atoms with van der Waals surface area (Å²) in [6.45, 7) is 10.7. The van der Waals surface area contributed by atoms with Crippen molar-refractivity contribution in [2.75, 3.05) is 5.32 Å². The van der Waals surface area contributed by atoms with Crippen molar-refractivity contribution in [3.63, 3.8) is 0 Å². The molecule has 6 heteroatoms. The maximum absolute atomic E-state index is 10.8. The van der Waals surface area contributed by atoms with Gasteiger partial charge < -0.3 is 10.6 Å². The van der Waals surface area contributed by atoms with Crippen LogP contribution in [-0.4, -0.2) is 15.6 Å². The summed E-state index contributed by atoms with van der Waals surface area (Å²) in [6.07, 6.45) is 0.941. The van der Waals surface area contributed by atoms with Gasteiger partial charge in [-0.3, -0.25) is 10.1 Å². The van der Waals surface area contributed by atoms with Gasteiger partial charge in [0.2, 0.25) is 0 Å². The lowest BCUT2D eigenvalue weighted by molar-refractivity contribution is -0.384. The summed E-state index contributed by atoms with van der Waals surface area (Å²) < 4.78 is 0. The second-order valence-electron chi connectivity index (χ2n) is 7.01. The van der Waals surface area contributed by atoms with Gasteiger partial charge in [-0.1, -0.05) is 26.8 Å². The summed E-state index contributed by atoms with van der Waals surface area (Å²) >= 11 is 5.29. The Morgan fingerprint density at radius 1 is 1.29 bits per heavy atom. The second kappa shape index (κ2) is 6.39. The molecule has 0 heterocycles. The lowest BCUT2D eigenvalue weighted by Crippen LogP contribution is -2.47. The number of rotatable bonds is 4. The number of benzene rings is 1. The van der Waals surface area contributed by atoms with Crippen molar-refractivity contribution in [1.29, 1.82) is 0 Å². The van der Waals surface area contributed by atoms with E-state index in [0.29, 0.717) is 10.8 Å². The van der Waals surface area contributed by atoms with Crippen LogP contribution >= 0.6 is 12.2 Å². The largest absolute Gasteiger partial charge is 0.358 e. The minimum absolute atomic E-state index is 0.0387. The highest BCUT2D eigenvalue weighted by molar-refractivity contribution is 7.80. The van der Waals surface area contributed by atoms with Gasteiger partial charge in [0.05, 0.1) is 4.92 Å². The number of nitrogens with zero attached hydrogens (tertiary/aromatic N) is 1. The zero-order valence-electron chi connectivity index (χ0n) is 13.2. The van der Waals surface area contributed by atoms with Crippen LogP contribution in [-0.2, 0) is 0 Å². The predicted molar refractivity (Wildman–Crippen MR) is 90.6 cm³/mol. The van der Waals surface area contributed by atoms with Crippen molar-refractivity contribution in [1.82, 2.24) is 5.32 Å². The molecule has 0 unspecified atom stereocenters. The van der Waals surface area contributed by atoms with E-state index in [9.17, 15) is 10.1 Å². The zero-order valence-corrected chi connectivity index (χ0v) is 14.0. The Balaban J connectivity index is 2.69. The fourth-order valence-corrected chi connectivity index (χ4v) is 2.93. The molecule has 0 aliphatic rings. The van der Waals surface area contributed by atoms with Gasteiger partial charge in [-0.2, -0.15) is 0 Å². The molecule has 1 aromatic rings. The van der Waals surface area contributed by atoms with Gasteiger partial charge in [-0.25, -0.2) is 0 Å². The normalized spacial score (nSPS) is 11.9. The van der Waals surface area contributed by atoms with Crippen LogP contribution in [0.4, 0.5) is 11.4 Å². The number of hydrogen-bond acceptors (Lipinski definition) is 3. The van der Waals surface area contributed by atoms with Crippen molar-refractivity contribution in [3.05, 3.63) is 34.4 Å². The van der Waals surface area contributed by atoms with E-state index in [2.05, 4.69) is 45.3 Å². The topological polar surface area (TPSA) is 67.2 Å². The number of nitro benzene ring substituents is 1. The van der Waals surface area contributed by atoms with Gasteiger partial charge in [0.1, 0.15) is 0 Å². The third kappa shape index (κ3) is 6.53. The molecular formula is C15H23N3O2S. The Kier molecular flexibility index (Phi) is 5.28. The van der Waals surface area contributed by atoms with Crippen LogP contribution in [0.15, 0.2) is 24.3 Å². The number of non-ortho nitro benzene ring substituents is 1. The average Bonchev–Trinajstić information content (AvgIpc) is 2.24. The molecule has 0 amide bonds. The SMILES string of the molecule is CC(C)(C)CC(C)(C)NC(=S)Nc1cccc([N+](=O)[O-])c1. The zero-order chi connectivity index (χ0) is 16.3. The average molecular weight is 309 g/mol. The molecule has 0 aliphatic heterocycles. The molecule has 21 heavy (non-hydrogen) atoms. The Bertz CT molecular complexity index is 536. The molecule has 0 saturated heterocycles. The molecule has 1 rings (SSSR count). The molecule has 1 aromatic carbocycles. The van der Waals surface area contributed by atoms with Crippen LogP contribution < -0.4 is 10.6 Å². The van der Waals surface area contributed by atoms with Crippen LogP contribution in [0.25, 0.3) is 0 Å². The van der Waals surface area contributed by atoms with Gasteiger partial charge in [-0.05, 0) is 44.0 Å². The summed E-state index contributed by atoms with van der Waals surface area (Å²) in [5.74, 6) is 0. The lowest BCUT2D eigenvalue weighted by Gasteiger charge is -2.34. The van der Waals surface area contributed by atoms with Crippen LogP contribution in [0.5, 0.6) is 0 Å². The van der Waals surface area contributed by atoms with E-state index in [4.69, 9.17) is 12.2 Å². The maximum Gasteiger partial charge on any atom is 0.271 e. The van der Waals surface area contributed by atoms with Gasteiger partial charge >= 0.3 is 0 Å². The minimum Gasteiger partial charge on any atom is -0.358 e. The fourth-order valence-electron chi connectivity index (χ4n) is 2.54. The standard InChI is InChI=1S/C15H23N3O2S/c1-14(2,3)10-15(4,5)17-13(21)16-11-7-6-8-12(9-11)18(19)20/h6-9H,10H2,1-5H3,(H2,16,17,21). The molecule has 0 radical (unpaired) electrons. The Hall–Kier alpha value is -1.69. The summed E-state index contributed by atoms with van der Waals surface area (Å²) in [4.78, 5) is 10.3. The van der Waals surface area contributed by atoms with E-state index < -0.39 is 4.92 Å². The molecule has 5 nitrogen and oxygen atoms in total. The van der Waals surface area contributed by atoms with Gasteiger partial charge in [0, 0.05) is 23.4 Å². The Labute approximate surface area is 131 Å². The molecule has 0 aromatic heterocycles. The molecule has 0 aliphatic carbocycles. The first-order valence-corrected chi connectivity index (χ1v) is 7.23. The van der Waals surface area contributed by atoms with E-state index in [1.165, 1.54) is 12.1 Å². The molecule has 0 bridgehead atoms. The molecule has 0 spiro atoms. The number of anilines is 1. The maximum atomic E-state index is 10.8. The van der Waals surface area contributed by atoms with E-state index in [-0.39, 0.29) is 16.6 Å². The van der Waals surface area contributed by atoms with E-state index in [1.54, 1.807) is 12.1 Å². The predicted octanol–water partition coefficient (Wildman–Crippen LogP) is 4.10. The van der Waals surface area contributed by atoms with Crippen LogP contribution in [0.3, 0.4) is 0 Å². The smallest absolute Gasteiger partial charge is 0.271 e. The molecule has 2 N–H and O–H groups in total. The lowest BCUT2D eigenvalue weighted by atomic mass is 9.82. The highest BCUT2D eigenvalue weighted by Gasteiger charge is 2.26. The Morgan fingerprint density at radius 2 is 1.90 bits per heavy atom. The Morgan fingerprint density at radius 3 is 2.43 bits per heavy atom. The van der Waals surface area contributed by atoms with E-state index in [0.717, 1.165) is 6.42 Å². The quantitative estimate of drug-likeness (QED) is 0.498. The number of nitrogens with one attached hydrogen (secondary N) is 2. The summed E-state index contributed by atoms with van der Waals surface area (Å²) in [7, 11) is 0. The highest BCUT2D eigenvalue weighted by atomic mass is 32.1. The number of hydrogen-bond donors (Lipinski definition) is 2. The van der Waals surface area contributed by atoms with E-state index >= 15 is 0 Å². The monoisotopic (exact) mass is 309 g/mol. The molecule has 116 valence electrons. The van der Waals surface area contributed by atoms with Crippen molar-refractivity contribution in [2.45, 2.75) is 46.6 Å². The van der Waals surface area contributed by atoms with Crippen molar-refractivity contribution >= 4 is 28.7 Å². The third-order valence-corrected chi connectivity index (χ3v) is 2.94. The van der Waals surface area contributed by atoms with Crippen molar-refractivity contribution in [3.8, 4) is 0 Å². The summed E-state index contributed by atoms with van der Waals surface area (Å²) in [6, 6.07) is 6.29. The van der Waals surface area contributed by atoms with Gasteiger partial charge in [0.15, 0.2) is 5.11 Å². The highest BCUT2D eigenvalue weighted by Crippen LogP contribution is 2.27. The molecule has 0 saturated carbocycles. The summed E-state index contributed by atoms with van der Waals surface area (Å²) in [5.41, 5.74) is 0.658.